The van der Waals surface area contributed by atoms with Gasteiger partial charge in [0.05, 0.1) is 6.54 Å². The van der Waals surface area contributed by atoms with Gasteiger partial charge in [-0.15, -0.1) is 24.0 Å². The van der Waals surface area contributed by atoms with Crippen LogP contribution in [0.4, 0.5) is 5.69 Å². The monoisotopic (exact) mass is 459 g/mol. The number of hydrogen-bond acceptors (Lipinski definition) is 3. The predicted molar refractivity (Wildman–Crippen MR) is 115 cm³/mol. The van der Waals surface area contributed by atoms with E-state index in [1.54, 1.807) is 6.92 Å². The van der Waals surface area contributed by atoms with Crippen molar-refractivity contribution in [3.63, 3.8) is 0 Å². The number of nitrogens with zero attached hydrogens (tertiary/aromatic N) is 3. The van der Waals surface area contributed by atoms with Gasteiger partial charge in [-0.3, -0.25) is 14.7 Å². The summed E-state index contributed by atoms with van der Waals surface area (Å²) in [5, 5.41) is 3.15. The third kappa shape index (κ3) is 7.19. The number of aliphatic imine (C=N–C) groups is 1. The summed E-state index contributed by atoms with van der Waals surface area (Å²) in [7, 11) is 0. The van der Waals surface area contributed by atoms with Crippen molar-refractivity contribution in [1.82, 2.24) is 9.80 Å². The molecule has 0 bridgehead atoms. The quantitative estimate of drug-likeness (QED) is 0.403. The Morgan fingerprint density at radius 3 is 2.56 bits per heavy atom. The molecule has 0 spiro atoms. The Labute approximate surface area is 167 Å². The third-order valence-corrected chi connectivity index (χ3v) is 4.34. The van der Waals surface area contributed by atoms with Crippen molar-refractivity contribution in [3.05, 3.63) is 29.8 Å². The largest absolute Gasteiger partial charge is 0.370 e. The van der Waals surface area contributed by atoms with Gasteiger partial charge in [-0.05, 0) is 23.6 Å². The molecule has 1 heterocycles. The van der Waals surface area contributed by atoms with E-state index >= 15 is 0 Å². The number of piperazine rings is 1. The van der Waals surface area contributed by atoms with Crippen LogP contribution in [0, 0.1) is 0 Å². The van der Waals surface area contributed by atoms with Gasteiger partial charge in [-0.1, -0.05) is 26.0 Å². The molecule has 3 N–H and O–H groups in total. The van der Waals surface area contributed by atoms with Gasteiger partial charge in [0.25, 0.3) is 0 Å². The van der Waals surface area contributed by atoms with Crippen LogP contribution >= 0.6 is 24.0 Å². The van der Waals surface area contributed by atoms with Crippen molar-refractivity contribution < 1.29 is 4.79 Å². The molecular formula is C18H30IN5O. The highest BCUT2D eigenvalue weighted by atomic mass is 127. The number of benzene rings is 1. The van der Waals surface area contributed by atoms with Gasteiger partial charge in [0, 0.05) is 45.3 Å². The van der Waals surface area contributed by atoms with Crippen molar-refractivity contribution in [1.29, 1.82) is 0 Å². The smallest absolute Gasteiger partial charge is 0.219 e. The minimum absolute atomic E-state index is 0. The molecule has 0 aliphatic carbocycles. The van der Waals surface area contributed by atoms with Gasteiger partial charge >= 0.3 is 0 Å². The molecule has 0 aromatic heterocycles. The highest BCUT2D eigenvalue weighted by molar-refractivity contribution is 14.0. The SMILES string of the molecule is CC(=O)N1CCN(CCN=C(N)Nc2cccc(C(C)C)c2)CC1.I. The molecule has 1 fully saturated rings. The van der Waals surface area contributed by atoms with E-state index in [9.17, 15) is 4.79 Å². The van der Waals surface area contributed by atoms with Gasteiger partial charge in [0.1, 0.15) is 0 Å². The van der Waals surface area contributed by atoms with Crippen molar-refractivity contribution >= 4 is 41.5 Å². The fraction of sp³-hybridized carbons (Fsp3) is 0.556. The van der Waals surface area contributed by atoms with Crippen LogP contribution < -0.4 is 11.1 Å². The van der Waals surface area contributed by atoms with Crippen molar-refractivity contribution in [3.8, 4) is 0 Å². The summed E-state index contributed by atoms with van der Waals surface area (Å²) in [6, 6.07) is 8.24. The van der Waals surface area contributed by atoms with Crippen molar-refractivity contribution in [2.45, 2.75) is 26.7 Å². The van der Waals surface area contributed by atoms with Crippen LogP contribution in [0.1, 0.15) is 32.3 Å². The molecular weight excluding hydrogens is 429 g/mol. The van der Waals surface area contributed by atoms with E-state index < -0.39 is 0 Å². The van der Waals surface area contributed by atoms with Crippen LogP contribution in [0.2, 0.25) is 0 Å². The third-order valence-electron chi connectivity index (χ3n) is 4.34. The molecule has 1 amide bonds. The van der Waals surface area contributed by atoms with Gasteiger partial charge in [-0.2, -0.15) is 0 Å². The van der Waals surface area contributed by atoms with Crippen LogP contribution in [0.25, 0.3) is 0 Å². The number of carbonyl (C=O) groups is 1. The molecule has 6 nitrogen and oxygen atoms in total. The van der Waals surface area contributed by atoms with Crippen molar-refractivity contribution in [2.75, 3.05) is 44.6 Å². The van der Waals surface area contributed by atoms with E-state index in [4.69, 9.17) is 5.73 Å². The second-order valence-electron chi connectivity index (χ2n) is 6.52. The summed E-state index contributed by atoms with van der Waals surface area (Å²) in [6.45, 7) is 10.9. The first-order chi connectivity index (χ1) is 11.5. The standard InChI is InChI=1S/C18H29N5O.HI/c1-14(2)16-5-4-6-17(13-16)21-18(19)20-7-8-22-9-11-23(12-10-22)15(3)24;/h4-6,13-14H,7-12H2,1-3H3,(H3,19,20,21);1H. The Morgan fingerprint density at radius 1 is 1.28 bits per heavy atom. The van der Waals surface area contributed by atoms with E-state index in [1.165, 1.54) is 5.56 Å². The van der Waals surface area contributed by atoms with Gasteiger partial charge in [-0.25, -0.2) is 0 Å². The second-order valence-corrected chi connectivity index (χ2v) is 6.52. The lowest BCUT2D eigenvalue weighted by Gasteiger charge is -2.33. The van der Waals surface area contributed by atoms with E-state index in [2.05, 4.69) is 41.2 Å². The highest BCUT2D eigenvalue weighted by Crippen LogP contribution is 2.18. The number of halogens is 1. The Balaban J connectivity index is 0.00000312. The zero-order valence-corrected chi connectivity index (χ0v) is 17.7. The summed E-state index contributed by atoms with van der Waals surface area (Å²) in [5.41, 5.74) is 8.22. The highest BCUT2D eigenvalue weighted by Gasteiger charge is 2.17. The van der Waals surface area contributed by atoms with Gasteiger partial charge in [0.15, 0.2) is 5.96 Å². The zero-order chi connectivity index (χ0) is 17.5. The first kappa shape index (κ1) is 21.7. The molecule has 1 aromatic rings. The number of amides is 1. The van der Waals surface area contributed by atoms with E-state index in [1.807, 2.05) is 17.0 Å². The maximum Gasteiger partial charge on any atom is 0.219 e. The average molecular weight is 459 g/mol. The molecule has 1 aromatic carbocycles. The summed E-state index contributed by atoms with van der Waals surface area (Å²) in [4.78, 5) is 19.9. The number of nitrogens with two attached hydrogens (primary N) is 1. The van der Waals surface area contributed by atoms with Crippen LogP contribution in [0.15, 0.2) is 29.3 Å². The van der Waals surface area contributed by atoms with E-state index in [0.29, 0.717) is 18.4 Å². The van der Waals surface area contributed by atoms with E-state index in [-0.39, 0.29) is 29.9 Å². The number of rotatable bonds is 5. The Bertz CT molecular complexity index is 583. The fourth-order valence-electron chi connectivity index (χ4n) is 2.76. The molecule has 25 heavy (non-hydrogen) atoms. The molecule has 1 saturated heterocycles. The number of anilines is 1. The lowest BCUT2D eigenvalue weighted by Crippen LogP contribution is -2.48. The maximum absolute atomic E-state index is 11.3. The first-order valence-electron chi connectivity index (χ1n) is 8.60. The molecule has 0 atom stereocenters. The molecule has 0 saturated carbocycles. The molecule has 7 heteroatoms. The van der Waals surface area contributed by atoms with Crippen molar-refractivity contribution in [2.24, 2.45) is 10.7 Å². The summed E-state index contributed by atoms with van der Waals surface area (Å²) >= 11 is 0. The van der Waals surface area contributed by atoms with Crippen LogP contribution in [0.3, 0.4) is 0 Å². The molecule has 140 valence electrons. The van der Waals surface area contributed by atoms with Gasteiger partial charge < -0.3 is 16.0 Å². The summed E-state index contributed by atoms with van der Waals surface area (Å²) < 4.78 is 0. The zero-order valence-electron chi connectivity index (χ0n) is 15.4. The summed E-state index contributed by atoms with van der Waals surface area (Å²) in [5.74, 6) is 1.08. The maximum atomic E-state index is 11.3. The first-order valence-corrected chi connectivity index (χ1v) is 8.60. The molecule has 1 aliphatic rings. The number of carbonyl (C=O) groups excluding carboxylic acids is 1. The number of guanidine groups is 1. The molecule has 2 rings (SSSR count). The Hall–Kier alpha value is -1.35. The second kappa shape index (κ2) is 10.6. The van der Waals surface area contributed by atoms with Crippen LogP contribution in [-0.2, 0) is 4.79 Å². The minimum Gasteiger partial charge on any atom is -0.370 e. The number of nitrogens with one attached hydrogen (secondary N) is 1. The van der Waals surface area contributed by atoms with Crippen LogP contribution in [-0.4, -0.2) is 60.9 Å². The average Bonchev–Trinajstić information content (AvgIpc) is 2.55. The minimum atomic E-state index is 0. The summed E-state index contributed by atoms with van der Waals surface area (Å²) in [6.07, 6.45) is 0. The number of hydrogen-bond donors (Lipinski definition) is 2. The molecule has 0 unspecified atom stereocenters. The predicted octanol–water partition coefficient (Wildman–Crippen LogP) is 2.32. The van der Waals surface area contributed by atoms with E-state index in [0.717, 1.165) is 38.4 Å². The lowest BCUT2D eigenvalue weighted by molar-refractivity contribution is -0.130. The molecule has 0 radical (unpaired) electrons. The Kier molecular flexibility index (Phi) is 9.20. The molecule has 1 aliphatic heterocycles. The Morgan fingerprint density at radius 2 is 1.96 bits per heavy atom. The fourth-order valence-corrected chi connectivity index (χ4v) is 2.76. The van der Waals surface area contributed by atoms with Crippen LogP contribution in [0.5, 0.6) is 0 Å². The normalized spacial score (nSPS) is 15.8. The van der Waals surface area contributed by atoms with Gasteiger partial charge in [0.2, 0.25) is 5.91 Å². The lowest BCUT2D eigenvalue weighted by atomic mass is 10.0. The topological polar surface area (TPSA) is 74.0 Å².